The average Bonchev–Trinajstić information content (AvgIpc) is 3.50. The fourth-order valence-electron chi connectivity index (χ4n) is 10.9. The van der Waals surface area contributed by atoms with Gasteiger partial charge in [0.05, 0.1) is 41.5 Å². The van der Waals surface area contributed by atoms with Gasteiger partial charge in [0.15, 0.2) is 17.5 Å². The van der Waals surface area contributed by atoms with Crippen molar-refractivity contribution in [2.24, 2.45) is 29.1 Å². The van der Waals surface area contributed by atoms with Gasteiger partial charge in [0, 0.05) is 17.8 Å². The van der Waals surface area contributed by atoms with Gasteiger partial charge < -0.3 is 39.0 Å². The zero-order valence-corrected chi connectivity index (χ0v) is 23.7. The van der Waals surface area contributed by atoms with Gasteiger partial charge in [-0.15, -0.1) is 0 Å². The lowest BCUT2D eigenvalue weighted by Crippen LogP contribution is -2.65. The molecule has 12 nitrogen and oxygen atoms in total. The van der Waals surface area contributed by atoms with Crippen LogP contribution in [0.3, 0.4) is 0 Å². The van der Waals surface area contributed by atoms with Crippen molar-refractivity contribution in [2.45, 2.75) is 125 Å². The highest BCUT2D eigenvalue weighted by molar-refractivity contribution is 6.02. The highest BCUT2D eigenvalue weighted by Crippen LogP contribution is 2.72. The smallest absolute Gasteiger partial charge is 0.311 e. The first-order chi connectivity index (χ1) is 18.9. The number of hydrogen-bond acceptors (Lipinski definition) is 12. The summed E-state index contributed by atoms with van der Waals surface area (Å²) in [5.41, 5.74) is -9.21. The Morgan fingerprint density at radius 1 is 0.976 bits per heavy atom. The van der Waals surface area contributed by atoms with Crippen LogP contribution in [0.2, 0.25) is 0 Å². The van der Waals surface area contributed by atoms with Crippen LogP contribution in [0.25, 0.3) is 0 Å². The molecule has 12 heteroatoms. The molecule has 224 valence electrons. The Labute approximate surface area is 236 Å². The van der Waals surface area contributed by atoms with Crippen LogP contribution < -0.4 is 0 Å². The number of carbonyl (C=O) groups excluding carboxylic acids is 4. The molecule has 2 bridgehead atoms. The molecule has 0 aromatic heterocycles. The number of rotatable bonds is 0. The van der Waals surface area contributed by atoms with Crippen LogP contribution in [0, 0.1) is 29.1 Å². The molecule has 0 aromatic carbocycles. The molecule has 6 saturated heterocycles. The molecule has 3 N–H and O–H groups in total. The molecular formula is C29H36O12. The third-order valence-corrected chi connectivity index (χ3v) is 12.5. The Kier molecular flexibility index (Phi) is 4.58. The van der Waals surface area contributed by atoms with E-state index in [0.29, 0.717) is 0 Å². The Bertz CT molecular complexity index is 1340. The van der Waals surface area contributed by atoms with Crippen molar-refractivity contribution in [3.05, 3.63) is 0 Å². The lowest BCUT2D eigenvalue weighted by Gasteiger charge is -2.44. The number of ether oxygens (including phenoxy) is 5. The highest BCUT2D eigenvalue weighted by Gasteiger charge is 2.90. The predicted octanol–water partition coefficient (Wildman–Crippen LogP) is -0.288. The summed E-state index contributed by atoms with van der Waals surface area (Å²) < 4.78 is 30.6. The standard InChI is InChI=1S/C29H36O12/c1-11-17-19(37-20(11)33)28(35)21-24(4,22(34)25(28,5)40-17)6-7-26-10-27-13(23(2,3)38-14(27)9-15(31)39-27)8-12(30)16(26)18(32)29(21,36)41-26/h11-14,16-17,19,21,30,35-36H,6-10H2,1-5H3/t11-,12-,13+,14-,16+,17+,19-,21-,24+,25+,26+,27-,28+,29-/m1/s1. The number of aliphatic hydroxyl groups excluding tert-OH is 1. The molecule has 2 spiro atoms. The highest BCUT2D eigenvalue weighted by atomic mass is 16.7. The van der Waals surface area contributed by atoms with E-state index >= 15 is 0 Å². The molecule has 0 unspecified atom stereocenters. The van der Waals surface area contributed by atoms with Gasteiger partial charge in [0.1, 0.15) is 23.4 Å². The second kappa shape index (κ2) is 7.05. The fourth-order valence-corrected chi connectivity index (χ4v) is 10.9. The van der Waals surface area contributed by atoms with E-state index in [1.807, 2.05) is 13.8 Å². The van der Waals surface area contributed by atoms with Gasteiger partial charge in [-0.2, -0.15) is 0 Å². The number of ketones is 2. The quantitative estimate of drug-likeness (QED) is 0.322. The van der Waals surface area contributed by atoms with Crippen molar-refractivity contribution >= 4 is 23.5 Å². The minimum atomic E-state index is -2.73. The van der Waals surface area contributed by atoms with E-state index in [1.165, 1.54) is 6.92 Å². The Morgan fingerprint density at radius 3 is 2.39 bits per heavy atom. The van der Waals surface area contributed by atoms with Gasteiger partial charge in [-0.1, -0.05) is 6.92 Å². The van der Waals surface area contributed by atoms with E-state index in [0.717, 1.165) is 0 Å². The van der Waals surface area contributed by atoms with Gasteiger partial charge in [-0.05, 0) is 47.0 Å². The monoisotopic (exact) mass is 576 g/mol. The maximum atomic E-state index is 14.5. The average molecular weight is 577 g/mol. The van der Waals surface area contributed by atoms with Crippen molar-refractivity contribution < 1.29 is 58.2 Å². The minimum absolute atomic E-state index is 0.00980. The normalized spacial score (nSPS) is 61.3. The molecule has 14 atom stereocenters. The number of fused-ring (bicyclic) bond motifs is 7. The summed E-state index contributed by atoms with van der Waals surface area (Å²) in [5.74, 6) is -9.18. The molecule has 41 heavy (non-hydrogen) atoms. The molecule has 0 aromatic rings. The van der Waals surface area contributed by atoms with E-state index in [2.05, 4.69) is 0 Å². The summed E-state index contributed by atoms with van der Waals surface area (Å²) in [4.78, 5) is 54.0. The van der Waals surface area contributed by atoms with Crippen molar-refractivity contribution in [1.29, 1.82) is 0 Å². The first kappa shape index (κ1) is 26.7. The van der Waals surface area contributed by atoms with Crippen LogP contribution in [0.4, 0.5) is 0 Å². The third-order valence-electron chi connectivity index (χ3n) is 12.5. The summed E-state index contributed by atoms with van der Waals surface area (Å²) >= 11 is 0. The summed E-state index contributed by atoms with van der Waals surface area (Å²) in [5, 5.41) is 36.7. The largest absolute Gasteiger partial charge is 0.456 e. The number of Topliss-reactive ketones (excluding diaryl/α,β-unsaturated/α-hetero) is 2. The van der Waals surface area contributed by atoms with E-state index in [4.69, 9.17) is 23.7 Å². The number of aliphatic hydroxyl groups is 3. The molecule has 8 fully saturated rings. The maximum Gasteiger partial charge on any atom is 0.311 e. The molecule has 8 aliphatic rings. The number of hydrogen-bond donors (Lipinski definition) is 3. The first-order valence-electron chi connectivity index (χ1n) is 14.6. The molecule has 6 aliphatic heterocycles. The van der Waals surface area contributed by atoms with E-state index in [9.17, 15) is 34.5 Å². The van der Waals surface area contributed by atoms with Crippen LogP contribution >= 0.6 is 0 Å². The molecule has 0 radical (unpaired) electrons. The molecule has 2 saturated carbocycles. The van der Waals surface area contributed by atoms with Crippen LogP contribution in [0.5, 0.6) is 0 Å². The third kappa shape index (κ3) is 2.56. The van der Waals surface area contributed by atoms with Crippen LogP contribution in [0.15, 0.2) is 0 Å². The van der Waals surface area contributed by atoms with E-state index in [1.54, 1.807) is 13.8 Å². The van der Waals surface area contributed by atoms with Crippen molar-refractivity contribution in [3.63, 3.8) is 0 Å². The molecule has 6 heterocycles. The summed E-state index contributed by atoms with van der Waals surface area (Å²) in [6.07, 6.45) is -4.05. The van der Waals surface area contributed by atoms with Gasteiger partial charge in [0.25, 0.3) is 0 Å². The Morgan fingerprint density at radius 2 is 1.68 bits per heavy atom. The minimum Gasteiger partial charge on any atom is -0.456 e. The second-order valence-corrected chi connectivity index (χ2v) is 14.8. The van der Waals surface area contributed by atoms with E-state index < -0.39 is 111 Å². The van der Waals surface area contributed by atoms with Gasteiger partial charge in [-0.25, -0.2) is 0 Å². The summed E-state index contributed by atoms with van der Waals surface area (Å²) in [6, 6.07) is 0. The summed E-state index contributed by atoms with van der Waals surface area (Å²) in [7, 11) is 0. The Balaban J connectivity index is 1.30. The number of esters is 2. The summed E-state index contributed by atoms with van der Waals surface area (Å²) in [6.45, 7) is 8.31. The Hall–Kier alpha value is -1.96. The van der Waals surface area contributed by atoms with Gasteiger partial charge >= 0.3 is 11.9 Å². The van der Waals surface area contributed by atoms with Gasteiger partial charge in [-0.3, -0.25) is 19.2 Å². The van der Waals surface area contributed by atoms with E-state index in [-0.39, 0.29) is 32.1 Å². The lowest BCUT2D eigenvalue weighted by atomic mass is 9.60. The maximum absolute atomic E-state index is 14.5. The molecule has 2 aliphatic carbocycles. The van der Waals surface area contributed by atoms with Crippen LogP contribution in [-0.2, 0) is 42.9 Å². The first-order valence-corrected chi connectivity index (χ1v) is 14.6. The molecular weight excluding hydrogens is 540 g/mol. The second-order valence-electron chi connectivity index (χ2n) is 14.8. The van der Waals surface area contributed by atoms with Crippen molar-refractivity contribution in [1.82, 2.24) is 0 Å². The fraction of sp³-hybridized carbons (Fsp3) is 0.862. The van der Waals surface area contributed by atoms with Gasteiger partial charge in [0.2, 0.25) is 11.6 Å². The topological polar surface area (TPSA) is 175 Å². The zero-order valence-electron chi connectivity index (χ0n) is 23.7. The van der Waals surface area contributed by atoms with Crippen LogP contribution in [-0.4, -0.2) is 97.0 Å². The molecule has 0 amide bonds. The van der Waals surface area contributed by atoms with Crippen LogP contribution in [0.1, 0.15) is 66.7 Å². The lowest BCUT2D eigenvalue weighted by molar-refractivity contribution is -0.289. The zero-order chi connectivity index (χ0) is 29.5. The van der Waals surface area contributed by atoms with Crippen molar-refractivity contribution in [3.8, 4) is 0 Å². The molecule has 8 rings (SSSR count). The number of carbonyl (C=O) groups is 4. The van der Waals surface area contributed by atoms with Crippen molar-refractivity contribution in [2.75, 3.05) is 0 Å². The SMILES string of the molecule is C[C@H]1C(=O)O[C@@H]2[C@H]1O[C@@]1(C)C(=O)[C@@]3(C)CC[C@]45C[C@]67OC(=O)C[C@H]6OC(C)(C)[C@@H]7C[C@@H](O)[C@H]4C(=O)[C@@](O)(O5)[C@H]3[C@@]21O. The predicted molar refractivity (Wildman–Crippen MR) is 131 cm³/mol.